The van der Waals surface area contributed by atoms with Crippen molar-refractivity contribution in [3.63, 3.8) is 0 Å². The van der Waals surface area contributed by atoms with Crippen LogP contribution >= 0.6 is 23.5 Å². The largest absolute Gasteiger partial charge is 0.325 e. The van der Waals surface area contributed by atoms with Gasteiger partial charge in [-0.2, -0.15) is 0 Å². The number of anilines is 1. The molecule has 1 heterocycles. The zero-order valence-electron chi connectivity index (χ0n) is 10.9. The molecule has 1 atom stereocenters. The summed E-state index contributed by atoms with van der Waals surface area (Å²) >= 11 is 7.50. The molecule has 0 bridgehead atoms. The van der Waals surface area contributed by atoms with Gasteiger partial charge < -0.3 is 5.32 Å². The fourth-order valence-corrected chi connectivity index (χ4v) is 2.96. The monoisotopic (exact) mass is 303 g/mol. The van der Waals surface area contributed by atoms with Gasteiger partial charge in [0.15, 0.2) is 0 Å². The lowest BCUT2D eigenvalue weighted by Gasteiger charge is -2.21. The Balaban J connectivity index is 1.80. The predicted octanol–water partition coefficient (Wildman–Crippen LogP) is 4.48. The predicted molar refractivity (Wildman–Crippen MR) is 86.4 cm³/mol. The molecule has 102 valence electrons. The van der Waals surface area contributed by atoms with E-state index in [1.54, 1.807) is 0 Å². The maximum absolute atomic E-state index is 5.98. The second-order valence-corrected chi connectivity index (χ2v) is 5.82. The molecule has 3 nitrogen and oxygen atoms in total. The number of benzene rings is 2. The number of nitrogens with zero attached hydrogens (tertiary/aromatic N) is 1. The number of nitrogens with one attached hydrogen (secondary N) is 2. The van der Waals surface area contributed by atoms with Crippen molar-refractivity contribution in [1.82, 2.24) is 4.72 Å². The summed E-state index contributed by atoms with van der Waals surface area (Å²) in [4.78, 5) is 5.74. The summed E-state index contributed by atoms with van der Waals surface area (Å²) in [6.45, 7) is 2.08. The number of hydrogen-bond donors (Lipinski definition) is 2. The van der Waals surface area contributed by atoms with Crippen LogP contribution in [0.3, 0.4) is 0 Å². The molecule has 0 amide bonds. The van der Waals surface area contributed by atoms with E-state index >= 15 is 0 Å². The Hall–Kier alpha value is -1.65. The van der Waals surface area contributed by atoms with Crippen LogP contribution in [0.4, 0.5) is 5.69 Å². The Morgan fingerprint density at radius 1 is 1.15 bits per heavy atom. The van der Waals surface area contributed by atoms with Gasteiger partial charge in [-0.3, -0.25) is 4.72 Å². The zero-order valence-corrected chi connectivity index (χ0v) is 12.5. The third-order valence-corrected chi connectivity index (χ3v) is 4.15. The molecule has 2 aromatic carbocycles. The van der Waals surface area contributed by atoms with Crippen molar-refractivity contribution in [2.75, 3.05) is 5.32 Å². The van der Waals surface area contributed by atoms with Crippen molar-refractivity contribution in [3.05, 3.63) is 59.1 Å². The Morgan fingerprint density at radius 3 is 2.75 bits per heavy atom. The molecule has 0 fully saturated rings. The van der Waals surface area contributed by atoms with Crippen LogP contribution in [-0.2, 0) is 0 Å². The van der Waals surface area contributed by atoms with Crippen LogP contribution in [-0.4, -0.2) is 5.96 Å². The van der Waals surface area contributed by atoms with E-state index in [9.17, 15) is 0 Å². The third kappa shape index (κ3) is 2.92. The number of hydrogen-bond acceptors (Lipinski definition) is 2. The van der Waals surface area contributed by atoms with Crippen molar-refractivity contribution < 1.29 is 0 Å². The molecule has 1 aliphatic rings. The molecule has 0 saturated carbocycles. The van der Waals surface area contributed by atoms with E-state index in [0.29, 0.717) is 0 Å². The van der Waals surface area contributed by atoms with Gasteiger partial charge in [-0.05, 0) is 42.6 Å². The summed E-state index contributed by atoms with van der Waals surface area (Å²) in [5.74, 6) is 0.765. The average Bonchev–Trinajstić information content (AvgIpc) is 2.48. The van der Waals surface area contributed by atoms with Crippen LogP contribution in [0.15, 0.2) is 58.4 Å². The van der Waals surface area contributed by atoms with Gasteiger partial charge in [0.25, 0.3) is 0 Å². The smallest absolute Gasteiger partial charge is 0.206 e. The van der Waals surface area contributed by atoms with Gasteiger partial charge in [-0.1, -0.05) is 41.9 Å². The lowest BCUT2D eigenvalue weighted by Crippen LogP contribution is -2.29. The standard InChI is InChI=1S/C15H14ClN3S/c1-10(11-5-3-2-4-6-11)17-15-18-13-8-7-12(16)9-14(13)20-19-15/h2-10H,1H3,(H2,17,18,19)/t10-/m1/s1. The summed E-state index contributed by atoms with van der Waals surface area (Å²) in [6.07, 6.45) is 0. The lowest BCUT2D eigenvalue weighted by atomic mass is 10.1. The SMILES string of the molecule is C[C@@H](N=C1NSc2cc(Cl)ccc2N1)c1ccccc1. The minimum absolute atomic E-state index is 0.0978. The first-order chi connectivity index (χ1) is 9.72. The second-order valence-electron chi connectivity index (χ2n) is 4.53. The van der Waals surface area contributed by atoms with Crippen molar-refractivity contribution in [2.24, 2.45) is 4.99 Å². The highest BCUT2D eigenvalue weighted by atomic mass is 35.5. The van der Waals surface area contributed by atoms with Crippen LogP contribution in [0.25, 0.3) is 0 Å². The quantitative estimate of drug-likeness (QED) is 0.803. The summed E-state index contributed by atoms with van der Waals surface area (Å²) in [6, 6.07) is 16.1. The number of guanidine groups is 1. The van der Waals surface area contributed by atoms with E-state index in [-0.39, 0.29) is 6.04 Å². The first-order valence-electron chi connectivity index (χ1n) is 6.34. The number of aliphatic imine (C=N–C) groups is 1. The second kappa shape index (κ2) is 5.77. The van der Waals surface area contributed by atoms with Gasteiger partial charge in [0.05, 0.1) is 16.6 Å². The summed E-state index contributed by atoms with van der Waals surface area (Å²) in [7, 11) is 0. The molecule has 0 aliphatic carbocycles. The molecule has 20 heavy (non-hydrogen) atoms. The minimum Gasteiger partial charge on any atom is -0.325 e. The van der Waals surface area contributed by atoms with E-state index < -0.39 is 0 Å². The number of fused-ring (bicyclic) bond motifs is 1. The minimum atomic E-state index is 0.0978. The summed E-state index contributed by atoms with van der Waals surface area (Å²) in [5.41, 5.74) is 2.22. The van der Waals surface area contributed by atoms with E-state index in [0.717, 1.165) is 21.6 Å². The van der Waals surface area contributed by atoms with Gasteiger partial charge in [0.2, 0.25) is 5.96 Å². The topological polar surface area (TPSA) is 36.4 Å². The Morgan fingerprint density at radius 2 is 1.95 bits per heavy atom. The third-order valence-electron chi connectivity index (χ3n) is 3.06. The zero-order chi connectivity index (χ0) is 13.9. The van der Waals surface area contributed by atoms with Crippen molar-refractivity contribution >= 4 is 35.2 Å². The van der Waals surface area contributed by atoms with Gasteiger partial charge in [0.1, 0.15) is 0 Å². The van der Waals surface area contributed by atoms with Crippen LogP contribution in [0.1, 0.15) is 18.5 Å². The number of rotatable bonds is 2. The van der Waals surface area contributed by atoms with Crippen molar-refractivity contribution in [1.29, 1.82) is 0 Å². The molecule has 3 rings (SSSR count). The van der Waals surface area contributed by atoms with Gasteiger partial charge in [0, 0.05) is 5.02 Å². The molecule has 0 aromatic heterocycles. The highest BCUT2D eigenvalue weighted by Gasteiger charge is 2.15. The van der Waals surface area contributed by atoms with E-state index in [2.05, 4.69) is 34.1 Å². The maximum Gasteiger partial charge on any atom is 0.206 e. The Kier molecular flexibility index (Phi) is 3.85. The molecule has 0 radical (unpaired) electrons. The fourth-order valence-electron chi connectivity index (χ4n) is 2.00. The Bertz CT molecular complexity index is 643. The lowest BCUT2D eigenvalue weighted by molar-refractivity contribution is 0.815. The Labute approximate surface area is 127 Å². The maximum atomic E-state index is 5.98. The first-order valence-corrected chi connectivity index (χ1v) is 7.54. The van der Waals surface area contributed by atoms with E-state index in [4.69, 9.17) is 11.6 Å². The van der Waals surface area contributed by atoms with Crippen molar-refractivity contribution in [3.8, 4) is 0 Å². The fraction of sp³-hybridized carbons (Fsp3) is 0.133. The molecular weight excluding hydrogens is 290 g/mol. The van der Waals surface area contributed by atoms with Crippen LogP contribution in [0.2, 0.25) is 5.02 Å². The molecule has 0 spiro atoms. The molecule has 2 aromatic rings. The molecule has 5 heteroatoms. The molecule has 0 unspecified atom stereocenters. The summed E-state index contributed by atoms with van der Waals surface area (Å²) < 4.78 is 3.20. The normalized spacial score (nSPS) is 17.0. The van der Waals surface area contributed by atoms with Gasteiger partial charge in [-0.25, -0.2) is 4.99 Å². The average molecular weight is 304 g/mol. The van der Waals surface area contributed by atoms with Crippen LogP contribution < -0.4 is 10.0 Å². The van der Waals surface area contributed by atoms with E-state index in [1.165, 1.54) is 17.5 Å². The highest BCUT2D eigenvalue weighted by Crippen LogP contribution is 2.31. The van der Waals surface area contributed by atoms with E-state index in [1.807, 2.05) is 36.4 Å². The number of halogens is 1. The summed E-state index contributed by atoms with van der Waals surface area (Å²) in [5, 5.41) is 4.02. The van der Waals surface area contributed by atoms with Crippen LogP contribution in [0, 0.1) is 0 Å². The van der Waals surface area contributed by atoms with Gasteiger partial charge in [-0.15, -0.1) is 0 Å². The van der Waals surface area contributed by atoms with Crippen LogP contribution in [0.5, 0.6) is 0 Å². The molecule has 2 N–H and O–H groups in total. The van der Waals surface area contributed by atoms with Crippen molar-refractivity contribution in [2.45, 2.75) is 17.9 Å². The molecule has 1 aliphatic heterocycles. The highest BCUT2D eigenvalue weighted by molar-refractivity contribution is 7.98. The van der Waals surface area contributed by atoms with Gasteiger partial charge >= 0.3 is 0 Å². The molecule has 0 saturated heterocycles. The molecular formula is C15H14ClN3S. The first kappa shape index (κ1) is 13.3.